The van der Waals surface area contributed by atoms with Crippen molar-refractivity contribution in [2.45, 2.75) is 38.8 Å². The van der Waals surface area contributed by atoms with Gasteiger partial charge in [0.05, 0.1) is 11.4 Å². The molecule has 0 unspecified atom stereocenters. The zero-order chi connectivity index (χ0) is 33.6. The number of carbonyl (C=O) groups excluding carboxylic acids is 2. The molecule has 6 aromatic carbocycles. The number of alkyl halides is 1. The Bertz CT molecular complexity index is 2120. The zero-order valence-corrected chi connectivity index (χ0v) is 29.2. The first-order valence-corrected chi connectivity index (χ1v) is 18.6. The Labute approximate surface area is 301 Å². The van der Waals surface area contributed by atoms with E-state index in [0.29, 0.717) is 5.88 Å². The summed E-state index contributed by atoms with van der Waals surface area (Å²) in [5.41, 5.74) is 7.84. The molecule has 3 nitrogen and oxygen atoms in total. The van der Waals surface area contributed by atoms with Gasteiger partial charge in [-0.3, -0.25) is 9.59 Å². The van der Waals surface area contributed by atoms with E-state index in [1.54, 1.807) is 23.5 Å². The summed E-state index contributed by atoms with van der Waals surface area (Å²) in [6, 6.07) is 47.9. The summed E-state index contributed by atoms with van der Waals surface area (Å²) in [5.74, 6) is 0.819. The van der Waals surface area contributed by atoms with Gasteiger partial charge in [0.1, 0.15) is 0 Å². The Morgan fingerprint density at radius 2 is 1.04 bits per heavy atom. The molecule has 0 atom stereocenters. The van der Waals surface area contributed by atoms with Crippen LogP contribution in [0.3, 0.4) is 0 Å². The summed E-state index contributed by atoms with van der Waals surface area (Å²) in [6.45, 7) is 0.889. The van der Waals surface area contributed by atoms with Crippen LogP contribution in [-0.4, -0.2) is 24.0 Å². The summed E-state index contributed by atoms with van der Waals surface area (Å²) < 4.78 is 0. The van der Waals surface area contributed by atoms with Crippen LogP contribution < -0.4 is 4.90 Å². The van der Waals surface area contributed by atoms with E-state index in [4.69, 9.17) is 11.6 Å². The highest BCUT2D eigenvalue weighted by atomic mass is 35.5. The molecule has 2 aliphatic heterocycles. The third-order valence-corrected chi connectivity index (χ3v) is 11.3. The van der Waals surface area contributed by atoms with Crippen molar-refractivity contribution in [2.75, 3.05) is 17.3 Å². The largest absolute Gasteiger partial charge is 0.340 e. The van der Waals surface area contributed by atoms with Gasteiger partial charge in [0.15, 0.2) is 11.6 Å². The molecule has 8 rings (SSSR count). The van der Waals surface area contributed by atoms with Gasteiger partial charge < -0.3 is 4.90 Å². The molecule has 0 saturated heterocycles. The van der Waals surface area contributed by atoms with Crippen molar-refractivity contribution in [1.29, 1.82) is 0 Å². The number of para-hydroxylation sites is 1. The van der Waals surface area contributed by atoms with Gasteiger partial charge >= 0.3 is 0 Å². The smallest absolute Gasteiger partial charge is 0.193 e. The van der Waals surface area contributed by atoms with Crippen molar-refractivity contribution in [3.8, 4) is 0 Å². The fourth-order valence-corrected chi connectivity index (χ4v) is 8.44. The number of rotatable bonds is 8. The Balaban J connectivity index is 0.000000157. The number of nitrogens with zero attached hydrogens (tertiary/aromatic N) is 1. The van der Waals surface area contributed by atoms with E-state index in [0.717, 1.165) is 53.7 Å². The van der Waals surface area contributed by atoms with Gasteiger partial charge in [-0.2, -0.15) is 0 Å². The third-order valence-electron chi connectivity index (χ3n) is 8.62. The van der Waals surface area contributed by atoms with Gasteiger partial charge in [0.2, 0.25) is 0 Å². The van der Waals surface area contributed by atoms with E-state index >= 15 is 0 Å². The minimum absolute atomic E-state index is 0.0583. The SMILES string of the molecule is O=C(c1ccccc1)c1ccc2c(c1)Cc1ccccc1S2.O=C(c1ccccc1)c1ccc2c(c1)N(CCCCCl)c1ccccc1S2. The van der Waals surface area contributed by atoms with Gasteiger partial charge in [-0.15, -0.1) is 11.6 Å². The van der Waals surface area contributed by atoms with E-state index in [9.17, 15) is 9.59 Å². The fraction of sp³-hybridized carbons (Fsp3) is 0.116. The van der Waals surface area contributed by atoms with Crippen LogP contribution in [0.15, 0.2) is 165 Å². The number of unbranched alkanes of at least 4 members (excludes halogenated alkanes) is 1. The second kappa shape index (κ2) is 15.3. The number of benzene rings is 6. The number of ketones is 2. The summed E-state index contributed by atoms with van der Waals surface area (Å²) in [7, 11) is 0. The number of fused-ring (bicyclic) bond motifs is 4. The minimum atomic E-state index is 0.0583. The van der Waals surface area contributed by atoms with Crippen LogP contribution in [0.5, 0.6) is 0 Å². The average molecular weight is 696 g/mol. The van der Waals surface area contributed by atoms with E-state index in [1.807, 2.05) is 84.9 Å². The maximum atomic E-state index is 12.9. The van der Waals surface area contributed by atoms with Crippen molar-refractivity contribution < 1.29 is 9.59 Å². The van der Waals surface area contributed by atoms with Gasteiger partial charge in [0, 0.05) is 54.3 Å². The number of hydrogen-bond donors (Lipinski definition) is 0. The standard InChI is InChI=1S/C23H20ClNOS.C20H14OS/c24-14-6-7-15-25-19-10-4-5-11-21(19)27-22-13-12-18(16-20(22)25)23(26)17-8-2-1-3-9-17;21-20(14-6-2-1-3-7-14)16-10-11-19-17(13-16)12-15-8-4-5-9-18(15)22-19/h1-5,8-13,16H,6-7,14-15H2;1-11,13H,12H2. The zero-order valence-electron chi connectivity index (χ0n) is 26.9. The van der Waals surface area contributed by atoms with Crippen molar-refractivity contribution in [3.05, 3.63) is 179 Å². The topological polar surface area (TPSA) is 37.4 Å². The van der Waals surface area contributed by atoms with Gasteiger partial charge in [-0.05, 0) is 85.0 Å². The third kappa shape index (κ3) is 7.40. The van der Waals surface area contributed by atoms with Crippen molar-refractivity contribution in [2.24, 2.45) is 0 Å². The molecule has 6 aromatic rings. The van der Waals surface area contributed by atoms with Gasteiger partial charge in [0.25, 0.3) is 0 Å². The van der Waals surface area contributed by atoms with Crippen molar-refractivity contribution >= 4 is 58.1 Å². The average Bonchev–Trinajstić information content (AvgIpc) is 3.17. The Morgan fingerprint density at radius 1 is 0.510 bits per heavy atom. The molecular weight excluding hydrogens is 662 g/mol. The van der Waals surface area contributed by atoms with Crippen LogP contribution in [0.4, 0.5) is 11.4 Å². The lowest BCUT2D eigenvalue weighted by Crippen LogP contribution is -2.22. The van der Waals surface area contributed by atoms with E-state index in [1.165, 1.54) is 36.4 Å². The Hall–Kier alpha value is -4.55. The fourth-order valence-electron chi connectivity index (χ4n) is 6.12. The molecule has 2 aliphatic rings. The summed E-state index contributed by atoms with van der Waals surface area (Å²) in [4.78, 5) is 32.8. The summed E-state index contributed by atoms with van der Waals surface area (Å²) in [6.07, 6.45) is 2.89. The second-order valence-corrected chi connectivity index (χ2v) is 14.4. The molecule has 0 spiro atoms. The first-order valence-electron chi connectivity index (χ1n) is 16.4. The molecule has 0 aromatic heterocycles. The normalized spacial score (nSPS) is 12.4. The molecule has 6 heteroatoms. The molecule has 49 heavy (non-hydrogen) atoms. The molecule has 0 bridgehead atoms. The van der Waals surface area contributed by atoms with Crippen LogP contribution in [0.1, 0.15) is 55.8 Å². The molecule has 0 fully saturated rings. The molecule has 0 amide bonds. The highest BCUT2D eigenvalue weighted by molar-refractivity contribution is 8.00. The molecule has 0 radical (unpaired) electrons. The Kier molecular flexibility index (Phi) is 10.3. The predicted molar refractivity (Wildman–Crippen MR) is 204 cm³/mol. The molecule has 2 heterocycles. The van der Waals surface area contributed by atoms with Gasteiger partial charge in [-0.25, -0.2) is 0 Å². The maximum absolute atomic E-state index is 12.9. The molecule has 242 valence electrons. The molecular formula is C43H34ClNO2S2. The van der Waals surface area contributed by atoms with E-state index in [-0.39, 0.29) is 11.6 Å². The number of halogens is 1. The molecule has 0 saturated carbocycles. The highest BCUT2D eigenvalue weighted by Gasteiger charge is 2.24. The first kappa shape index (κ1) is 33.0. The van der Waals surface area contributed by atoms with Crippen molar-refractivity contribution in [1.82, 2.24) is 0 Å². The van der Waals surface area contributed by atoms with Crippen LogP contribution in [0.25, 0.3) is 0 Å². The Morgan fingerprint density at radius 3 is 1.73 bits per heavy atom. The monoisotopic (exact) mass is 695 g/mol. The number of carbonyl (C=O) groups is 2. The highest BCUT2D eigenvalue weighted by Crippen LogP contribution is 2.48. The second-order valence-electron chi connectivity index (χ2n) is 11.9. The number of hydrogen-bond acceptors (Lipinski definition) is 5. The van der Waals surface area contributed by atoms with Gasteiger partial charge in [-0.1, -0.05) is 115 Å². The van der Waals surface area contributed by atoms with Crippen LogP contribution in [0, 0.1) is 0 Å². The molecule has 0 N–H and O–H groups in total. The minimum Gasteiger partial charge on any atom is -0.340 e. The number of anilines is 2. The molecule has 0 aliphatic carbocycles. The van der Waals surface area contributed by atoms with Crippen LogP contribution in [-0.2, 0) is 6.42 Å². The lowest BCUT2D eigenvalue weighted by molar-refractivity contribution is 0.103. The lowest BCUT2D eigenvalue weighted by Gasteiger charge is -2.33. The maximum Gasteiger partial charge on any atom is 0.193 e. The predicted octanol–water partition coefficient (Wildman–Crippen LogP) is 11.5. The summed E-state index contributed by atoms with van der Waals surface area (Å²) >= 11 is 9.44. The van der Waals surface area contributed by atoms with E-state index < -0.39 is 0 Å². The van der Waals surface area contributed by atoms with Crippen LogP contribution in [0.2, 0.25) is 0 Å². The quantitative estimate of drug-likeness (QED) is 0.0898. The van der Waals surface area contributed by atoms with Crippen molar-refractivity contribution in [3.63, 3.8) is 0 Å². The van der Waals surface area contributed by atoms with E-state index in [2.05, 4.69) is 65.6 Å². The first-order chi connectivity index (χ1) is 24.1. The lowest BCUT2D eigenvalue weighted by atomic mass is 9.98. The summed E-state index contributed by atoms with van der Waals surface area (Å²) in [5, 5.41) is 0. The van der Waals surface area contributed by atoms with Crippen LogP contribution >= 0.6 is 35.1 Å².